The third-order valence-electron chi connectivity index (χ3n) is 3.75. The number of aromatic nitrogens is 2. The molecule has 20 heavy (non-hydrogen) atoms. The summed E-state index contributed by atoms with van der Waals surface area (Å²) in [6.45, 7) is 0. The van der Waals surface area contributed by atoms with Crippen molar-refractivity contribution in [2.24, 2.45) is 0 Å². The zero-order valence-electron chi connectivity index (χ0n) is 11.1. The van der Waals surface area contributed by atoms with E-state index in [4.69, 9.17) is 0 Å². The minimum atomic E-state index is -0.462. The molecule has 0 radical (unpaired) electrons. The molecule has 0 aliphatic heterocycles. The van der Waals surface area contributed by atoms with Gasteiger partial charge in [0.1, 0.15) is 11.6 Å². The maximum atomic E-state index is 13.8. The SMILES string of the molecule is Fc1ccc(F)c(-n2ccnc2NC2CCCCC2)c1. The molecule has 0 amide bonds. The van der Waals surface area contributed by atoms with Gasteiger partial charge < -0.3 is 5.32 Å². The minimum absolute atomic E-state index is 0.181. The highest BCUT2D eigenvalue weighted by Crippen LogP contribution is 2.23. The summed E-state index contributed by atoms with van der Waals surface area (Å²) >= 11 is 0. The van der Waals surface area contributed by atoms with Crippen LogP contribution in [0.4, 0.5) is 14.7 Å². The highest BCUT2D eigenvalue weighted by molar-refractivity contribution is 5.43. The molecule has 0 bridgehead atoms. The fraction of sp³-hybridized carbons (Fsp3) is 0.400. The number of halogens is 2. The molecule has 1 aromatic heterocycles. The number of hydrogen-bond donors (Lipinski definition) is 1. The molecule has 3 nitrogen and oxygen atoms in total. The van der Waals surface area contributed by atoms with Crippen LogP contribution in [0.1, 0.15) is 32.1 Å². The van der Waals surface area contributed by atoms with Crippen molar-refractivity contribution in [3.8, 4) is 5.69 Å². The van der Waals surface area contributed by atoms with E-state index in [0.717, 1.165) is 25.0 Å². The van der Waals surface area contributed by atoms with Gasteiger partial charge >= 0.3 is 0 Å². The average Bonchev–Trinajstić information content (AvgIpc) is 2.91. The van der Waals surface area contributed by atoms with Crippen LogP contribution in [0.2, 0.25) is 0 Å². The minimum Gasteiger partial charge on any atom is -0.353 e. The summed E-state index contributed by atoms with van der Waals surface area (Å²) in [6.07, 6.45) is 9.10. The summed E-state index contributed by atoms with van der Waals surface area (Å²) in [6, 6.07) is 3.80. The van der Waals surface area contributed by atoms with Crippen LogP contribution in [-0.4, -0.2) is 15.6 Å². The Morgan fingerprint density at radius 3 is 2.75 bits per heavy atom. The van der Waals surface area contributed by atoms with Crippen LogP contribution in [0.15, 0.2) is 30.6 Å². The van der Waals surface area contributed by atoms with Gasteiger partial charge in [0, 0.05) is 24.5 Å². The van der Waals surface area contributed by atoms with Gasteiger partial charge in [-0.1, -0.05) is 19.3 Å². The van der Waals surface area contributed by atoms with Gasteiger partial charge in [0.15, 0.2) is 0 Å². The van der Waals surface area contributed by atoms with E-state index in [1.165, 1.54) is 25.3 Å². The van der Waals surface area contributed by atoms with Crippen LogP contribution < -0.4 is 5.32 Å². The van der Waals surface area contributed by atoms with E-state index in [-0.39, 0.29) is 5.69 Å². The smallest absolute Gasteiger partial charge is 0.207 e. The number of imidazole rings is 1. The van der Waals surface area contributed by atoms with Crippen molar-refractivity contribution < 1.29 is 8.78 Å². The Bertz CT molecular complexity index is 589. The first kappa shape index (κ1) is 13.1. The molecule has 0 spiro atoms. The van der Waals surface area contributed by atoms with Crippen LogP contribution in [0.5, 0.6) is 0 Å². The standard InChI is InChI=1S/C15H17F2N3/c16-11-6-7-13(17)14(10-11)20-9-8-18-15(20)19-12-4-2-1-3-5-12/h6-10,12H,1-5H2,(H,18,19). The maximum Gasteiger partial charge on any atom is 0.207 e. The zero-order chi connectivity index (χ0) is 13.9. The highest BCUT2D eigenvalue weighted by Gasteiger charge is 2.17. The van der Waals surface area contributed by atoms with Crippen LogP contribution in [0, 0.1) is 11.6 Å². The lowest BCUT2D eigenvalue weighted by molar-refractivity contribution is 0.460. The summed E-state index contributed by atoms with van der Waals surface area (Å²) in [5, 5.41) is 3.34. The van der Waals surface area contributed by atoms with E-state index >= 15 is 0 Å². The zero-order valence-corrected chi connectivity index (χ0v) is 11.1. The van der Waals surface area contributed by atoms with Crippen molar-refractivity contribution >= 4 is 5.95 Å². The van der Waals surface area contributed by atoms with E-state index in [1.807, 2.05) is 0 Å². The number of anilines is 1. The molecule has 0 atom stereocenters. The number of nitrogens with zero attached hydrogens (tertiary/aromatic N) is 2. The van der Waals surface area contributed by atoms with Crippen LogP contribution in [-0.2, 0) is 0 Å². The van der Waals surface area contributed by atoms with E-state index < -0.39 is 11.6 Å². The molecule has 1 aliphatic carbocycles. The Balaban J connectivity index is 1.87. The topological polar surface area (TPSA) is 29.9 Å². The van der Waals surface area contributed by atoms with E-state index in [9.17, 15) is 8.78 Å². The summed E-state index contributed by atoms with van der Waals surface area (Å²) in [5.41, 5.74) is 0.181. The van der Waals surface area contributed by atoms with Crippen LogP contribution in [0.25, 0.3) is 5.69 Å². The van der Waals surface area contributed by atoms with Crippen molar-refractivity contribution in [1.29, 1.82) is 0 Å². The van der Waals surface area contributed by atoms with E-state index in [1.54, 1.807) is 17.0 Å². The second kappa shape index (κ2) is 5.61. The van der Waals surface area contributed by atoms with Crippen LogP contribution in [0.3, 0.4) is 0 Å². The third-order valence-corrected chi connectivity index (χ3v) is 3.75. The van der Waals surface area contributed by atoms with Crippen LogP contribution >= 0.6 is 0 Å². The molecule has 3 rings (SSSR count). The van der Waals surface area contributed by atoms with Crippen molar-refractivity contribution in [1.82, 2.24) is 9.55 Å². The Morgan fingerprint density at radius 2 is 1.95 bits per heavy atom. The quantitative estimate of drug-likeness (QED) is 0.922. The number of nitrogens with one attached hydrogen (secondary N) is 1. The van der Waals surface area contributed by atoms with Gasteiger partial charge in [-0.3, -0.25) is 4.57 Å². The lowest BCUT2D eigenvalue weighted by atomic mass is 9.96. The fourth-order valence-corrected chi connectivity index (χ4v) is 2.70. The fourth-order valence-electron chi connectivity index (χ4n) is 2.70. The van der Waals surface area contributed by atoms with Crippen molar-refractivity contribution in [2.75, 3.05) is 5.32 Å². The monoisotopic (exact) mass is 277 g/mol. The normalized spacial score (nSPS) is 16.3. The molecule has 1 heterocycles. The Morgan fingerprint density at radius 1 is 1.15 bits per heavy atom. The van der Waals surface area contributed by atoms with E-state index in [2.05, 4.69) is 10.3 Å². The van der Waals surface area contributed by atoms with Gasteiger partial charge in [-0.15, -0.1) is 0 Å². The highest BCUT2D eigenvalue weighted by atomic mass is 19.1. The van der Waals surface area contributed by atoms with E-state index in [0.29, 0.717) is 12.0 Å². The third kappa shape index (κ3) is 2.66. The first-order valence-electron chi connectivity index (χ1n) is 6.99. The lowest BCUT2D eigenvalue weighted by Crippen LogP contribution is -2.24. The summed E-state index contributed by atoms with van der Waals surface area (Å²) in [5.74, 6) is -0.351. The Labute approximate surface area is 116 Å². The molecular weight excluding hydrogens is 260 g/mol. The maximum absolute atomic E-state index is 13.8. The molecule has 5 heteroatoms. The van der Waals surface area contributed by atoms with Gasteiger partial charge in [0.2, 0.25) is 5.95 Å². The molecule has 1 N–H and O–H groups in total. The van der Waals surface area contributed by atoms with Gasteiger partial charge in [0.25, 0.3) is 0 Å². The van der Waals surface area contributed by atoms with Crippen molar-refractivity contribution in [3.63, 3.8) is 0 Å². The molecule has 106 valence electrons. The largest absolute Gasteiger partial charge is 0.353 e. The molecule has 2 aromatic rings. The summed E-state index contributed by atoms with van der Waals surface area (Å²) in [4.78, 5) is 4.22. The number of benzene rings is 1. The predicted octanol–water partition coefficient (Wildman–Crippen LogP) is 3.90. The number of hydrogen-bond acceptors (Lipinski definition) is 2. The number of rotatable bonds is 3. The molecular formula is C15H17F2N3. The first-order chi connectivity index (χ1) is 9.74. The average molecular weight is 277 g/mol. The summed E-state index contributed by atoms with van der Waals surface area (Å²) in [7, 11) is 0. The molecule has 0 saturated heterocycles. The second-order valence-corrected chi connectivity index (χ2v) is 5.20. The molecule has 1 fully saturated rings. The Hall–Kier alpha value is -1.91. The van der Waals surface area contributed by atoms with Gasteiger partial charge in [-0.05, 0) is 25.0 Å². The lowest BCUT2D eigenvalue weighted by Gasteiger charge is -2.23. The Kier molecular flexibility index (Phi) is 3.67. The van der Waals surface area contributed by atoms with Gasteiger partial charge in [0.05, 0.1) is 5.69 Å². The molecule has 0 unspecified atom stereocenters. The summed E-state index contributed by atoms with van der Waals surface area (Å²) < 4.78 is 28.7. The first-order valence-corrected chi connectivity index (χ1v) is 6.99. The van der Waals surface area contributed by atoms with Crippen molar-refractivity contribution in [3.05, 3.63) is 42.2 Å². The molecule has 1 aromatic carbocycles. The molecule has 1 aliphatic rings. The van der Waals surface area contributed by atoms with Crippen molar-refractivity contribution in [2.45, 2.75) is 38.1 Å². The molecule has 1 saturated carbocycles. The second-order valence-electron chi connectivity index (χ2n) is 5.20. The predicted molar refractivity (Wildman–Crippen MR) is 74.0 cm³/mol. The van der Waals surface area contributed by atoms with Gasteiger partial charge in [-0.2, -0.15) is 0 Å². The van der Waals surface area contributed by atoms with Gasteiger partial charge in [-0.25, -0.2) is 13.8 Å².